The maximum Gasteiger partial charge on any atom is 0.248 e. The summed E-state index contributed by atoms with van der Waals surface area (Å²) in [5.74, 6) is 0.543. The third-order valence-electron chi connectivity index (χ3n) is 5.52. The number of carbonyl (C=O) groups excluding carboxylic acids is 1. The van der Waals surface area contributed by atoms with Gasteiger partial charge in [-0.15, -0.1) is 0 Å². The van der Waals surface area contributed by atoms with E-state index in [0.29, 0.717) is 5.75 Å². The summed E-state index contributed by atoms with van der Waals surface area (Å²) in [6, 6.07) is 20.2. The zero-order valence-corrected chi connectivity index (χ0v) is 17.1. The highest BCUT2D eigenvalue weighted by Crippen LogP contribution is 2.40. The maximum atomic E-state index is 12.6. The molecule has 1 N–H and O–H groups in total. The number of nitrogens with one attached hydrogen (secondary N) is 1. The summed E-state index contributed by atoms with van der Waals surface area (Å²) in [6.07, 6.45) is 9.46. The molecule has 0 spiro atoms. The van der Waals surface area contributed by atoms with Crippen molar-refractivity contribution >= 4 is 17.7 Å². The number of methoxy groups -OCH3 is 1. The second-order valence-corrected chi connectivity index (χ2v) is 7.39. The molecular weight excluding hydrogens is 386 g/mol. The molecule has 1 aromatic heterocycles. The van der Waals surface area contributed by atoms with Gasteiger partial charge in [0.15, 0.2) is 0 Å². The topological polar surface area (TPSA) is 56.1 Å². The van der Waals surface area contributed by atoms with E-state index in [4.69, 9.17) is 4.74 Å². The van der Waals surface area contributed by atoms with Gasteiger partial charge in [-0.1, -0.05) is 42.5 Å². The Hall–Kier alpha value is -4.12. The summed E-state index contributed by atoms with van der Waals surface area (Å²) >= 11 is 0. The molecule has 5 nitrogen and oxygen atoms in total. The number of benzene rings is 3. The quantitative estimate of drug-likeness (QED) is 0.412. The van der Waals surface area contributed by atoms with Crippen LogP contribution in [0, 0.1) is 0 Å². The summed E-state index contributed by atoms with van der Waals surface area (Å²) in [5.41, 5.74) is 7.52. The zero-order chi connectivity index (χ0) is 21.2. The van der Waals surface area contributed by atoms with Crippen LogP contribution in [0.15, 0.2) is 85.5 Å². The van der Waals surface area contributed by atoms with Gasteiger partial charge in [0, 0.05) is 30.6 Å². The zero-order valence-electron chi connectivity index (χ0n) is 17.1. The fourth-order valence-corrected chi connectivity index (χ4v) is 4.03. The molecule has 0 atom stereocenters. The molecule has 0 radical (unpaired) electrons. The second kappa shape index (κ2) is 7.95. The van der Waals surface area contributed by atoms with E-state index in [1.54, 1.807) is 31.8 Å². The predicted molar refractivity (Wildman–Crippen MR) is 122 cm³/mol. The summed E-state index contributed by atoms with van der Waals surface area (Å²) in [4.78, 5) is 16.7. The van der Waals surface area contributed by atoms with Crippen LogP contribution in [0.5, 0.6) is 5.75 Å². The molecule has 1 aliphatic rings. The Labute approximate surface area is 180 Å². The van der Waals surface area contributed by atoms with Crippen LogP contribution in [-0.4, -0.2) is 22.6 Å². The molecular formula is C26H21N3O2. The molecule has 0 unspecified atom stereocenters. The Morgan fingerprint density at radius 1 is 1.10 bits per heavy atom. The maximum absolute atomic E-state index is 12.6. The van der Waals surface area contributed by atoms with Crippen molar-refractivity contribution in [1.29, 1.82) is 0 Å². The summed E-state index contributed by atoms with van der Waals surface area (Å²) < 4.78 is 7.39. The van der Waals surface area contributed by atoms with E-state index in [9.17, 15) is 4.79 Å². The van der Waals surface area contributed by atoms with Crippen LogP contribution in [-0.2, 0) is 11.2 Å². The number of fused-ring (bicyclic) bond motifs is 3. The molecule has 1 heterocycles. The monoisotopic (exact) mass is 407 g/mol. The number of carbonyl (C=O) groups is 1. The van der Waals surface area contributed by atoms with E-state index in [0.717, 1.165) is 28.9 Å². The minimum Gasteiger partial charge on any atom is -0.495 e. The molecule has 3 aromatic carbocycles. The van der Waals surface area contributed by atoms with Crippen molar-refractivity contribution in [2.75, 3.05) is 12.4 Å². The first-order chi connectivity index (χ1) is 15.2. The average Bonchev–Trinajstić information content (AvgIpc) is 3.46. The van der Waals surface area contributed by atoms with Crippen LogP contribution in [0.25, 0.3) is 22.9 Å². The molecule has 152 valence electrons. The highest BCUT2D eigenvalue weighted by Gasteiger charge is 2.20. The Balaban J connectivity index is 1.34. The molecule has 4 aromatic rings. The summed E-state index contributed by atoms with van der Waals surface area (Å²) in [7, 11) is 1.63. The lowest BCUT2D eigenvalue weighted by Gasteiger charge is -2.10. The molecule has 0 fully saturated rings. The lowest BCUT2D eigenvalue weighted by atomic mass is 10.0. The first kappa shape index (κ1) is 18.9. The van der Waals surface area contributed by atoms with Gasteiger partial charge in [0.2, 0.25) is 5.91 Å². The first-order valence-corrected chi connectivity index (χ1v) is 10.1. The first-order valence-electron chi connectivity index (χ1n) is 10.1. The van der Waals surface area contributed by atoms with Gasteiger partial charge in [-0.25, -0.2) is 4.98 Å². The molecule has 5 rings (SSSR count). The summed E-state index contributed by atoms with van der Waals surface area (Å²) in [5, 5.41) is 3.04. The van der Waals surface area contributed by atoms with Crippen LogP contribution < -0.4 is 10.1 Å². The third kappa shape index (κ3) is 3.62. The molecule has 0 bridgehead atoms. The van der Waals surface area contributed by atoms with E-state index in [1.165, 1.54) is 16.7 Å². The van der Waals surface area contributed by atoms with Gasteiger partial charge in [0.25, 0.3) is 0 Å². The SMILES string of the molecule is COc1cc(/C=C/C(=O)Nc2cccc3c2Cc2ccccc2-3)ccc1-n1ccnc1. The normalized spacial score (nSPS) is 11.9. The Kier molecular flexibility index (Phi) is 4.84. The fourth-order valence-electron chi connectivity index (χ4n) is 4.03. The average molecular weight is 407 g/mol. The highest BCUT2D eigenvalue weighted by atomic mass is 16.5. The van der Waals surface area contributed by atoms with Crippen LogP contribution in [0.2, 0.25) is 0 Å². The standard InChI is InChI=1S/C26H21N3O2/c1-31-25-15-18(9-11-24(25)29-14-13-27-17-29)10-12-26(30)28-23-8-4-7-21-20-6-3-2-5-19(20)16-22(21)23/h2-15,17H,16H2,1H3,(H,28,30)/b12-10+. The van der Waals surface area contributed by atoms with Gasteiger partial charge >= 0.3 is 0 Å². The molecule has 0 saturated carbocycles. The van der Waals surface area contributed by atoms with E-state index < -0.39 is 0 Å². The van der Waals surface area contributed by atoms with Crippen molar-refractivity contribution in [1.82, 2.24) is 9.55 Å². The van der Waals surface area contributed by atoms with Gasteiger partial charge in [-0.3, -0.25) is 4.79 Å². The molecule has 1 aliphatic carbocycles. The van der Waals surface area contributed by atoms with Crippen molar-refractivity contribution in [2.45, 2.75) is 6.42 Å². The third-order valence-corrected chi connectivity index (χ3v) is 5.52. The van der Waals surface area contributed by atoms with Gasteiger partial charge in [-0.05, 0) is 52.1 Å². The number of imidazole rings is 1. The van der Waals surface area contributed by atoms with E-state index >= 15 is 0 Å². The molecule has 0 aliphatic heterocycles. The van der Waals surface area contributed by atoms with Crippen molar-refractivity contribution in [3.63, 3.8) is 0 Å². The molecule has 5 heteroatoms. The smallest absolute Gasteiger partial charge is 0.248 e. The van der Waals surface area contributed by atoms with Gasteiger partial charge < -0.3 is 14.6 Å². The number of rotatable bonds is 5. The minimum atomic E-state index is -0.165. The number of hydrogen-bond acceptors (Lipinski definition) is 3. The Morgan fingerprint density at radius 3 is 2.81 bits per heavy atom. The van der Waals surface area contributed by atoms with Crippen molar-refractivity contribution in [3.05, 3.63) is 102 Å². The lowest BCUT2D eigenvalue weighted by molar-refractivity contribution is -0.111. The second-order valence-electron chi connectivity index (χ2n) is 7.39. The Bertz CT molecular complexity index is 1290. The Morgan fingerprint density at radius 2 is 1.97 bits per heavy atom. The molecule has 0 saturated heterocycles. The van der Waals surface area contributed by atoms with Crippen LogP contribution in [0.3, 0.4) is 0 Å². The van der Waals surface area contributed by atoms with Crippen molar-refractivity contribution in [3.8, 4) is 22.6 Å². The van der Waals surface area contributed by atoms with Crippen LogP contribution >= 0.6 is 0 Å². The molecule has 1 amide bonds. The van der Waals surface area contributed by atoms with Crippen molar-refractivity contribution < 1.29 is 9.53 Å². The van der Waals surface area contributed by atoms with Crippen LogP contribution in [0.4, 0.5) is 5.69 Å². The molecule has 31 heavy (non-hydrogen) atoms. The van der Waals surface area contributed by atoms with E-state index in [-0.39, 0.29) is 5.91 Å². The van der Waals surface area contributed by atoms with Crippen molar-refractivity contribution in [2.24, 2.45) is 0 Å². The lowest BCUT2D eigenvalue weighted by Crippen LogP contribution is -2.09. The number of aromatic nitrogens is 2. The highest BCUT2D eigenvalue weighted by molar-refractivity contribution is 6.03. The van der Waals surface area contributed by atoms with E-state index in [2.05, 4.69) is 34.6 Å². The number of amides is 1. The van der Waals surface area contributed by atoms with Gasteiger partial charge in [0.05, 0.1) is 19.1 Å². The summed E-state index contributed by atoms with van der Waals surface area (Å²) in [6.45, 7) is 0. The predicted octanol–water partition coefficient (Wildman–Crippen LogP) is 5.10. The largest absolute Gasteiger partial charge is 0.495 e. The van der Waals surface area contributed by atoms with Gasteiger partial charge in [0.1, 0.15) is 5.75 Å². The minimum absolute atomic E-state index is 0.165. The number of hydrogen-bond donors (Lipinski definition) is 1. The number of ether oxygens (including phenoxy) is 1. The van der Waals surface area contributed by atoms with E-state index in [1.807, 2.05) is 47.2 Å². The number of anilines is 1. The van der Waals surface area contributed by atoms with Crippen LogP contribution in [0.1, 0.15) is 16.7 Å². The van der Waals surface area contributed by atoms with Gasteiger partial charge in [-0.2, -0.15) is 0 Å². The number of nitrogens with zero attached hydrogens (tertiary/aromatic N) is 2. The fraction of sp³-hybridized carbons (Fsp3) is 0.0769.